The Kier molecular flexibility index (Phi) is 7.70. The third kappa shape index (κ3) is 6.88. The molecule has 0 bridgehead atoms. The minimum atomic E-state index is -1.31. The summed E-state index contributed by atoms with van der Waals surface area (Å²) in [4.78, 5) is 34.3. The van der Waals surface area contributed by atoms with E-state index in [4.69, 9.17) is 9.84 Å². The van der Waals surface area contributed by atoms with Crippen molar-refractivity contribution in [3.8, 4) is 0 Å². The third-order valence-electron chi connectivity index (χ3n) is 3.28. The van der Waals surface area contributed by atoms with Gasteiger partial charge in [-0.3, -0.25) is 9.59 Å². The van der Waals surface area contributed by atoms with Crippen LogP contribution in [0.4, 0.5) is 0 Å². The van der Waals surface area contributed by atoms with Gasteiger partial charge >= 0.3 is 11.9 Å². The number of ether oxygens (including phenoxy) is 1. The molecule has 0 heterocycles. The van der Waals surface area contributed by atoms with Crippen molar-refractivity contribution in [2.24, 2.45) is 0 Å². The summed E-state index contributed by atoms with van der Waals surface area (Å²) in [6.07, 6.45) is -0.316. The van der Waals surface area contributed by atoms with E-state index in [1.54, 1.807) is 0 Å². The Bertz CT molecular complexity index is 588. The fraction of sp³-hybridized carbons (Fsp3) is 0.353. The molecule has 6 heteroatoms. The minimum absolute atomic E-state index is 0.0901. The van der Waals surface area contributed by atoms with Crippen molar-refractivity contribution in [2.75, 3.05) is 13.7 Å². The first kappa shape index (κ1) is 18.6. The zero-order valence-corrected chi connectivity index (χ0v) is 12.9. The molecule has 1 rings (SSSR count). The molecule has 0 amide bonds. The maximum absolute atomic E-state index is 12.2. The summed E-state index contributed by atoms with van der Waals surface area (Å²) in [5, 5.41) is 18.1. The van der Waals surface area contributed by atoms with E-state index in [-0.39, 0.29) is 37.2 Å². The van der Waals surface area contributed by atoms with E-state index in [2.05, 4.69) is 0 Å². The van der Waals surface area contributed by atoms with Crippen LogP contribution in [-0.4, -0.2) is 41.7 Å². The molecule has 0 atom stereocenters. The predicted octanol–water partition coefficient (Wildman–Crippen LogP) is 2.08. The van der Waals surface area contributed by atoms with E-state index >= 15 is 0 Å². The summed E-state index contributed by atoms with van der Waals surface area (Å²) >= 11 is 0. The number of carbonyl (C=O) groups is 3. The fourth-order valence-corrected chi connectivity index (χ4v) is 2.20. The molecule has 0 unspecified atom stereocenters. The second-order valence-corrected chi connectivity index (χ2v) is 5.08. The number of rotatable bonds is 10. The number of carboxylic acids is 2. The van der Waals surface area contributed by atoms with Crippen LogP contribution in [0, 0.1) is 0 Å². The third-order valence-corrected chi connectivity index (χ3v) is 3.28. The number of carbonyl (C=O) groups excluding carboxylic acids is 1. The number of benzene rings is 1. The molecule has 2 N–H and O–H groups in total. The van der Waals surface area contributed by atoms with Crippen LogP contribution in [0.2, 0.25) is 0 Å². The Labute approximate surface area is 134 Å². The van der Waals surface area contributed by atoms with Crippen molar-refractivity contribution in [2.45, 2.75) is 25.7 Å². The summed E-state index contributed by atoms with van der Waals surface area (Å²) in [7, 11) is 1.46. The van der Waals surface area contributed by atoms with Gasteiger partial charge in [0.1, 0.15) is 5.78 Å². The molecule has 124 valence electrons. The molecular formula is C17H20O6. The summed E-state index contributed by atoms with van der Waals surface area (Å²) < 4.78 is 4.92. The van der Waals surface area contributed by atoms with Crippen LogP contribution in [-0.2, 0) is 25.5 Å². The smallest absolute Gasteiger partial charge is 0.332 e. The van der Waals surface area contributed by atoms with Crippen LogP contribution >= 0.6 is 0 Å². The van der Waals surface area contributed by atoms with E-state index in [1.807, 2.05) is 30.3 Å². The van der Waals surface area contributed by atoms with Gasteiger partial charge in [-0.25, -0.2) is 4.79 Å². The quantitative estimate of drug-likeness (QED) is 0.640. The molecule has 23 heavy (non-hydrogen) atoms. The zero-order chi connectivity index (χ0) is 17.2. The molecule has 0 fully saturated rings. The Morgan fingerprint density at radius 3 is 2.22 bits per heavy atom. The molecule has 0 aliphatic rings. The van der Waals surface area contributed by atoms with Gasteiger partial charge in [0.05, 0.1) is 6.42 Å². The van der Waals surface area contributed by atoms with Gasteiger partial charge < -0.3 is 14.9 Å². The first-order valence-electron chi connectivity index (χ1n) is 7.14. The number of hydrogen-bond acceptors (Lipinski definition) is 4. The minimum Gasteiger partial charge on any atom is -0.481 e. The average Bonchev–Trinajstić information content (AvgIpc) is 2.49. The van der Waals surface area contributed by atoms with Crippen molar-refractivity contribution < 1.29 is 29.3 Å². The molecule has 0 radical (unpaired) electrons. The normalized spacial score (nSPS) is 11.7. The molecular weight excluding hydrogens is 300 g/mol. The number of ketones is 1. The Balaban J connectivity index is 2.93. The first-order valence-corrected chi connectivity index (χ1v) is 7.14. The second kappa shape index (κ2) is 9.53. The van der Waals surface area contributed by atoms with Crippen molar-refractivity contribution in [1.29, 1.82) is 0 Å². The maximum atomic E-state index is 12.2. The SMILES string of the molecule is COCCC(CC(=O)Cc1ccccc1)=C(CC(=O)O)C(=O)O. The van der Waals surface area contributed by atoms with Crippen molar-refractivity contribution in [3.63, 3.8) is 0 Å². The number of hydrogen-bond donors (Lipinski definition) is 2. The van der Waals surface area contributed by atoms with Crippen LogP contribution in [0.5, 0.6) is 0 Å². The predicted molar refractivity (Wildman–Crippen MR) is 83.2 cm³/mol. The number of carboxylic acid groups (broad SMARTS) is 2. The van der Waals surface area contributed by atoms with Crippen LogP contribution in [0.15, 0.2) is 41.5 Å². The zero-order valence-electron chi connectivity index (χ0n) is 12.9. The van der Waals surface area contributed by atoms with E-state index in [1.165, 1.54) is 7.11 Å². The number of methoxy groups -OCH3 is 1. The van der Waals surface area contributed by atoms with Gasteiger partial charge in [0.25, 0.3) is 0 Å². The van der Waals surface area contributed by atoms with Crippen LogP contribution in [0.3, 0.4) is 0 Å². The Morgan fingerprint density at radius 1 is 1.04 bits per heavy atom. The summed E-state index contributed by atoms with van der Waals surface area (Å²) in [5.41, 5.74) is 0.900. The van der Waals surface area contributed by atoms with Gasteiger partial charge in [0.15, 0.2) is 0 Å². The molecule has 6 nitrogen and oxygen atoms in total. The van der Waals surface area contributed by atoms with Gasteiger partial charge in [-0.1, -0.05) is 30.3 Å². The fourth-order valence-electron chi connectivity index (χ4n) is 2.20. The van der Waals surface area contributed by atoms with Gasteiger partial charge in [-0.05, 0) is 17.6 Å². The van der Waals surface area contributed by atoms with Crippen LogP contribution in [0.25, 0.3) is 0 Å². The molecule has 0 saturated heterocycles. The molecule has 0 spiro atoms. The Morgan fingerprint density at radius 2 is 1.70 bits per heavy atom. The highest BCUT2D eigenvalue weighted by atomic mass is 16.5. The maximum Gasteiger partial charge on any atom is 0.332 e. The lowest BCUT2D eigenvalue weighted by molar-refractivity contribution is -0.139. The van der Waals surface area contributed by atoms with E-state index in [9.17, 15) is 19.5 Å². The lowest BCUT2D eigenvalue weighted by Gasteiger charge is -2.11. The van der Waals surface area contributed by atoms with Crippen LogP contribution in [0.1, 0.15) is 24.8 Å². The van der Waals surface area contributed by atoms with Crippen molar-refractivity contribution in [1.82, 2.24) is 0 Å². The number of aliphatic carboxylic acids is 2. The van der Waals surface area contributed by atoms with E-state index in [0.29, 0.717) is 5.57 Å². The van der Waals surface area contributed by atoms with Gasteiger partial charge in [-0.15, -0.1) is 0 Å². The topological polar surface area (TPSA) is 101 Å². The van der Waals surface area contributed by atoms with Crippen LogP contribution < -0.4 is 0 Å². The van der Waals surface area contributed by atoms with E-state index < -0.39 is 18.4 Å². The first-order chi connectivity index (χ1) is 10.9. The largest absolute Gasteiger partial charge is 0.481 e. The molecule has 1 aromatic carbocycles. The summed E-state index contributed by atoms with van der Waals surface area (Å²) in [6, 6.07) is 9.10. The lowest BCUT2D eigenvalue weighted by Crippen LogP contribution is -2.14. The van der Waals surface area contributed by atoms with Gasteiger partial charge in [0, 0.05) is 32.1 Å². The molecule has 1 aromatic rings. The van der Waals surface area contributed by atoms with Gasteiger partial charge in [0.2, 0.25) is 0 Å². The lowest BCUT2D eigenvalue weighted by atomic mass is 9.95. The monoisotopic (exact) mass is 320 g/mol. The highest BCUT2D eigenvalue weighted by Crippen LogP contribution is 2.19. The molecule has 0 aromatic heterocycles. The van der Waals surface area contributed by atoms with Gasteiger partial charge in [-0.2, -0.15) is 0 Å². The van der Waals surface area contributed by atoms with E-state index in [0.717, 1.165) is 5.56 Å². The standard InChI is InChI=1S/C17H20O6/c1-23-8-7-13(15(17(21)22)11-16(19)20)10-14(18)9-12-5-3-2-4-6-12/h2-6H,7-11H2,1H3,(H,19,20)(H,21,22). The summed E-state index contributed by atoms with van der Waals surface area (Å²) in [6.45, 7) is 0.227. The number of Topliss-reactive ketones (excluding diaryl/α,β-unsaturated/α-hetero) is 1. The van der Waals surface area contributed by atoms with Crippen molar-refractivity contribution >= 4 is 17.7 Å². The second-order valence-electron chi connectivity index (χ2n) is 5.08. The summed E-state index contributed by atoms with van der Waals surface area (Å²) in [5.74, 6) is -2.72. The Hall–Kier alpha value is -2.47. The average molecular weight is 320 g/mol. The molecule has 0 aliphatic heterocycles. The molecule has 0 aliphatic carbocycles. The molecule has 0 saturated carbocycles. The highest BCUT2D eigenvalue weighted by Gasteiger charge is 2.19. The van der Waals surface area contributed by atoms with Crippen molar-refractivity contribution in [3.05, 3.63) is 47.0 Å². The highest BCUT2D eigenvalue weighted by molar-refractivity contribution is 5.94.